The number of rotatable bonds is 6. The smallest absolute Gasteiger partial charge is 0.415 e. The van der Waals surface area contributed by atoms with E-state index in [1.165, 1.54) is 22.0 Å². The van der Waals surface area contributed by atoms with Crippen molar-refractivity contribution in [1.29, 1.82) is 0 Å². The Hall–Kier alpha value is -4.19. The van der Waals surface area contributed by atoms with Crippen LogP contribution in [0.2, 0.25) is 0 Å². The van der Waals surface area contributed by atoms with Gasteiger partial charge < -0.3 is 24.5 Å². The number of hydrogen-bond donors (Lipinski definition) is 2. The quantitative estimate of drug-likeness (QED) is 0.398. The highest BCUT2D eigenvalue weighted by Gasteiger charge is 2.33. The molecule has 2 amide bonds. The molecule has 0 radical (unpaired) electrons. The number of aromatic nitrogens is 4. The molecule has 1 unspecified atom stereocenters. The molecule has 1 aliphatic carbocycles. The van der Waals surface area contributed by atoms with Crippen molar-refractivity contribution < 1.29 is 23.5 Å². The normalized spacial score (nSPS) is 17.4. The van der Waals surface area contributed by atoms with Crippen molar-refractivity contribution >= 4 is 46.1 Å². The summed E-state index contributed by atoms with van der Waals surface area (Å²) in [5.74, 6) is 0.406. The van der Waals surface area contributed by atoms with Gasteiger partial charge in [-0.25, -0.2) is 14.8 Å². The Labute approximate surface area is 212 Å². The number of para-hydroxylation sites is 1. The van der Waals surface area contributed by atoms with Crippen molar-refractivity contribution in [1.82, 2.24) is 24.9 Å². The zero-order valence-electron chi connectivity index (χ0n) is 21.3. The molecule has 1 fully saturated rings. The molecule has 0 aliphatic heterocycles. The second kappa shape index (κ2) is 9.36. The van der Waals surface area contributed by atoms with Gasteiger partial charge in [0.05, 0.1) is 24.0 Å². The lowest BCUT2D eigenvalue weighted by atomic mass is 9.89. The van der Waals surface area contributed by atoms with Crippen molar-refractivity contribution in [3.63, 3.8) is 0 Å². The minimum Gasteiger partial charge on any atom is -0.443 e. The molecule has 37 heavy (non-hydrogen) atoms. The largest absolute Gasteiger partial charge is 0.443 e. The van der Waals surface area contributed by atoms with E-state index in [0.717, 1.165) is 12.8 Å². The van der Waals surface area contributed by atoms with E-state index in [4.69, 9.17) is 13.9 Å². The number of anilines is 3. The van der Waals surface area contributed by atoms with E-state index in [9.17, 15) is 9.59 Å². The number of oxazole rings is 1. The van der Waals surface area contributed by atoms with E-state index in [1.54, 1.807) is 47.1 Å². The molecule has 0 bridgehead atoms. The van der Waals surface area contributed by atoms with E-state index >= 15 is 0 Å². The van der Waals surface area contributed by atoms with E-state index in [1.807, 2.05) is 12.1 Å². The summed E-state index contributed by atoms with van der Waals surface area (Å²) in [6, 6.07) is 7.03. The Kier molecular flexibility index (Phi) is 6.20. The lowest BCUT2D eigenvalue weighted by Gasteiger charge is -2.35. The fraction of sp³-hybridized carbons (Fsp3) is 0.400. The first-order chi connectivity index (χ1) is 17.6. The fourth-order valence-corrected chi connectivity index (χ4v) is 4.12. The lowest BCUT2D eigenvalue weighted by Crippen LogP contribution is -2.51. The molecular weight excluding hydrogens is 478 g/mol. The second-order valence-electron chi connectivity index (χ2n) is 9.89. The molecular formula is C25H29N7O5. The van der Waals surface area contributed by atoms with Gasteiger partial charge in [0.15, 0.2) is 17.6 Å². The SMILES string of the molecule is CO[C@H]1CCC1NC(=O)c1cnn2c(N(C)C(=O)OC(C)(C)C)cc(Nc3cccc4ocnc34)nc12. The zero-order chi connectivity index (χ0) is 26.3. The van der Waals surface area contributed by atoms with E-state index in [0.29, 0.717) is 28.4 Å². The van der Waals surface area contributed by atoms with Gasteiger partial charge in [0, 0.05) is 20.2 Å². The molecule has 1 saturated carbocycles. The van der Waals surface area contributed by atoms with Crippen LogP contribution in [0, 0.1) is 0 Å². The Morgan fingerprint density at radius 2 is 2.05 bits per heavy atom. The summed E-state index contributed by atoms with van der Waals surface area (Å²) in [4.78, 5) is 36.4. The molecule has 1 aromatic carbocycles. The van der Waals surface area contributed by atoms with Crippen LogP contribution in [-0.4, -0.2) is 63.5 Å². The molecule has 194 valence electrons. The third kappa shape index (κ3) is 4.79. The zero-order valence-corrected chi connectivity index (χ0v) is 21.3. The number of hydrogen-bond acceptors (Lipinski definition) is 9. The standard InChI is InChI=1S/C25H29N7O5/c1-25(2,3)37-24(34)31(4)20-11-19(28-16-7-6-8-18-21(16)26-13-36-18)30-22-14(12-27-32(20)22)23(33)29-15-9-10-17(15)35-5/h6-8,11-13,15,17H,9-10H2,1-5H3,(H,28,30)(H,29,33)/t15?,17-/m0/s1. The Balaban J connectivity index is 1.56. The monoisotopic (exact) mass is 507 g/mol. The molecule has 2 atom stereocenters. The van der Waals surface area contributed by atoms with Crippen LogP contribution in [0.5, 0.6) is 0 Å². The van der Waals surface area contributed by atoms with Gasteiger partial charge in [0.25, 0.3) is 5.91 Å². The van der Waals surface area contributed by atoms with E-state index < -0.39 is 11.7 Å². The topological polar surface area (TPSA) is 136 Å². The summed E-state index contributed by atoms with van der Waals surface area (Å²) in [7, 11) is 3.20. The third-order valence-corrected chi connectivity index (χ3v) is 6.16. The van der Waals surface area contributed by atoms with Gasteiger partial charge in [-0.3, -0.25) is 9.69 Å². The number of amides is 2. The number of nitrogens with zero attached hydrogens (tertiary/aromatic N) is 5. The van der Waals surface area contributed by atoms with E-state index in [-0.39, 0.29) is 29.3 Å². The average molecular weight is 508 g/mol. The van der Waals surface area contributed by atoms with Crippen LogP contribution in [0.15, 0.2) is 41.3 Å². The van der Waals surface area contributed by atoms with Crippen molar-refractivity contribution in [2.24, 2.45) is 0 Å². The first-order valence-corrected chi connectivity index (χ1v) is 11.9. The molecule has 4 aromatic rings. The third-order valence-electron chi connectivity index (χ3n) is 6.16. The second-order valence-corrected chi connectivity index (χ2v) is 9.89. The molecule has 12 heteroatoms. The van der Waals surface area contributed by atoms with Crippen molar-refractivity contribution in [2.45, 2.75) is 51.4 Å². The molecule has 3 heterocycles. The predicted molar refractivity (Wildman–Crippen MR) is 136 cm³/mol. The summed E-state index contributed by atoms with van der Waals surface area (Å²) >= 11 is 0. The summed E-state index contributed by atoms with van der Waals surface area (Å²) < 4.78 is 17.8. The van der Waals surface area contributed by atoms with E-state index in [2.05, 4.69) is 25.7 Å². The van der Waals surface area contributed by atoms with Gasteiger partial charge in [-0.2, -0.15) is 9.61 Å². The molecule has 0 saturated heterocycles. The molecule has 5 rings (SSSR count). The average Bonchev–Trinajstić information content (AvgIpc) is 3.48. The Bertz CT molecular complexity index is 1470. The van der Waals surface area contributed by atoms with Crippen LogP contribution in [0.3, 0.4) is 0 Å². The molecule has 12 nitrogen and oxygen atoms in total. The number of ether oxygens (including phenoxy) is 2. The van der Waals surface area contributed by atoms with Gasteiger partial charge in [0.1, 0.15) is 28.3 Å². The van der Waals surface area contributed by atoms with Gasteiger partial charge in [-0.1, -0.05) is 6.07 Å². The van der Waals surface area contributed by atoms with Gasteiger partial charge in [0.2, 0.25) is 0 Å². The van der Waals surface area contributed by atoms with Crippen LogP contribution >= 0.6 is 0 Å². The van der Waals surface area contributed by atoms with Crippen LogP contribution in [0.4, 0.5) is 22.1 Å². The first kappa shape index (κ1) is 24.5. The summed E-state index contributed by atoms with van der Waals surface area (Å²) in [5.41, 5.74) is 1.72. The highest BCUT2D eigenvalue weighted by molar-refractivity contribution is 6.01. The summed E-state index contributed by atoms with van der Waals surface area (Å²) in [6.45, 7) is 5.36. The predicted octanol–water partition coefficient (Wildman–Crippen LogP) is 3.89. The van der Waals surface area contributed by atoms with Crippen LogP contribution in [-0.2, 0) is 9.47 Å². The molecule has 2 N–H and O–H groups in total. The van der Waals surface area contributed by atoms with Crippen molar-refractivity contribution in [3.05, 3.63) is 42.4 Å². The summed E-state index contributed by atoms with van der Waals surface area (Å²) in [5, 5.41) is 10.6. The number of fused-ring (bicyclic) bond motifs is 2. The van der Waals surface area contributed by atoms with Gasteiger partial charge >= 0.3 is 6.09 Å². The minimum atomic E-state index is -0.697. The Morgan fingerprint density at radius 1 is 1.24 bits per heavy atom. The van der Waals surface area contributed by atoms with Crippen molar-refractivity contribution in [3.8, 4) is 0 Å². The lowest BCUT2D eigenvalue weighted by molar-refractivity contribution is 0.00732. The highest BCUT2D eigenvalue weighted by Crippen LogP contribution is 2.29. The first-order valence-electron chi connectivity index (χ1n) is 11.9. The number of methoxy groups -OCH3 is 1. The molecule has 1 aliphatic rings. The van der Waals surface area contributed by atoms with Gasteiger partial charge in [-0.15, -0.1) is 0 Å². The minimum absolute atomic E-state index is 0.0206. The number of carbonyl (C=O) groups is 2. The van der Waals surface area contributed by atoms with Crippen LogP contribution in [0.1, 0.15) is 44.0 Å². The van der Waals surface area contributed by atoms with Crippen molar-refractivity contribution in [2.75, 3.05) is 24.4 Å². The number of carbonyl (C=O) groups excluding carboxylic acids is 2. The molecule has 0 spiro atoms. The van der Waals surface area contributed by atoms with Crippen LogP contribution in [0.25, 0.3) is 16.7 Å². The maximum absolute atomic E-state index is 13.2. The molecule has 3 aromatic heterocycles. The number of nitrogens with one attached hydrogen (secondary N) is 2. The fourth-order valence-electron chi connectivity index (χ4n) is 4.12. The Morgan fingerprint density at radius 3 is 2.76 bits per heavy atom. The summed E-state index contributed by atoms with van der Waals surface area (Å²) in [6.07, 6.45) is 3.92. The van der Waals surface area contributed by atoms with Crippen LogP contribution < -0.4 is 15.5 Å². The number of benzene rings is 1. The van der Waals surface area contributed by atoms with Gasteiger partial charge in [-0.05, 0) is 45.7 Å². The highest BCUT2D eigenvalue weighted by atomic mass is 16.6. The maximum atomic E-state index is 13.2. The maximum Gasteiger partial charge on any atom is 0.415 e.